The minimum atomic E-state index is -4.10. The van der Waals surface area contributed by atoms with Crippen LogP contribution in [0.2, 0.25) is 5.02 Å². The van der Waals surface area contributed by atoms with Crippen LogP contribution in [0, 0.1) is 0 Å². The maximum Gasteiger partial charge on any atom is 0.264 e. The van der Waals surface area contributed by atoms with Gasteiger partial charge in [-0.1, -0.05) is 86.0 Å². The number of nitrogens with zero attached hydrogens (tertiary/aromatic N) is 2. The molecule has 4 rings (SSSR count). The third-order valence-electron chi connectivity index (χ3n) is 7.42. The number of aryl methyl sites for hydroxylation is 1. The van der Waals surface area contributed by atoms with Gasteiger partial charge < -0.3 is 10.2 Å². The van der Waals surface area contributed by atoms with Crippen molar-refractivity contribution in [2.75, 3.05) is 10.8 Å². The summed E-state index contributed by atoms with van der Waals surface area (Å²) in [6, 6.07) is 21.6. The average Bonchev–Trinajstić information content (AvgIpc) is 3.48. The molecule has 0 saturated heterocycles. The first-order valence-corrected chi connectivity index (χ1v) is 15.5. The third-order valence-corrected chi connectivity index (χ3v) is 9.56. The number of nitrogens with one attached hydrogen (secondary N) is 1. The highest BCUT2D eigenvalue weighted by atomic mass is 35.5. The molecule has 9 heteroatoms. The van der Waals surface area contributed by atoms with Crippen molar-refractivity contribution in [3.63, 3.8) is 0 Å². The Morgan fingerprint density at radius 2 is 1.52 bits per heavy atom. The number of carbonyl (C=O) groups is 2. The highest BCUT2D eigenvalue weighted by molar-refractivity contribution is 7.92. The SMILES string of the molecule is CCc1ccccc1N(CC(=O)N(Cc1ccccc1Cl)[C@H](C)C(=O)NC1CCCC1)S(=O)(=O)c1ccccc1. The van der Waals surface area contributed by atoms with Crippen molar-refractivity contribution in [3.8, 4) is 0 Å². The van der Waals surface area contributed by atoms with Gasteiger partial charge in [-0.2, -0.15) is 0 Å². The van der Waals surface area contributed by atoms with Gasteiger partial charge in [0.25, 0.3) is 10.0 Å². The van der Waals surface area contributed by atoms with Gasteiger partial charge in [0.1, 0.15) is 12.6 Å². The van der Waals surface area contributed by atoms with E-state index >= 15 is 0 Å². The predicted octanol–water partition coefficient (Wildman–Crippen LogP) is 5.57. The van der Waals surface area contributed by atoms with Crippen LogP contribution in [0.1, 0.15) is 50.7 Å². The molecular weight excluding hydrogens is 546 g/mol. The largest absolute Gasteiger partial charge is 0.352 e. The van der Waals surface area contributed by atoms with Gasteiger partial charge in [-0.05, 0) is 61.6 Å². The minimum absolute atomic E-state index is 0.0619. The summed E-state index contributed by atoms with van der Waals surface area (Å²) in [5.41, 5.74) is 1.90. The van der Waals surface area contributed by atoms with Crippen LogP contribution >= 0.6 is 11.6 Å². The Morgan fingerprint density at radius 1 is 0.925 bits per heavy atom. The van der Waals surface area contributed by atoms with E-state index < -0.39 is 28.5 Å². The predicted molar refractivity (Wildman–Crippen MR) is 159 cm³/mol. The number of carbonyl (C=O) groups excluding carboxylic acids is 2. The minimum Gasteiger partial charge on any atom is -0.352 e. The lowest BCUT2D eigenvalue weighted by Gasteiger charge is -2.33. The van der Waals surface area contributed by atoms with E-state index in [9.17, 15) is 18.0 Å². The molecule has 0 spiro atoms. The lowest BCUT2D eigenvalue weighted by atomic mass is 10.1. The summed E-state index contributed by atoms with van der Waals surface area (Å²) in [7, 11) is -4.10. The number of rotatable bonds is 11. The maximum absolute atomic E-state index is 14.1. The van der Waals surface area contributed by atoms with E-state index in [0.29, 0.717) is 22.7 Å². The molecule has 1 aliphatic carbocycles. The van der Waals surface area contributed by atoms with E-state index in [1.807, 2.05) is 25.1 Å². The van der Waals surface area contributed by atoms with Gasteiger partial charge in [-0.3, -0.25) is 13.9 Å². The summed E-state index contributed by atoms with van der Waals surface area (Å²) in [5.74, 6) is -0.766. The first kappa shape index (κ1) is 29.6. The van der Waals surface area contributed by atoms with Crippen LogP contribution in [0.5, 0.6) is 0 Å². The van der Waals surface area contributed by atoms with E-state index in [-0.39, 0.29) is 23.4 Å². The topological polar surface area (TPSA) is 86.8 Å². The van der Waals surface area contributed by atoms with Crippen molar-refractivity contribution in [3.05, 3.63) is 95.0 Å². The Balaban J connectivity index is 1.71. The number of benzene rings is 3. The second-order valence-electron chi connectivity index (χ2n) is 10.1. The Morgan fingerprint density at radius 3 is 2.17 bits per heavy atom. The zero-order valence-corrected chi connectivity index (χ0v) is 24.5. The standard InChI is InChI=1S/C31H36ClN3O4S/c1-3-24-13-8-12-20-29(24)35(40(38,39)27-17-5-4-6-18-27)22-30(36)34(21-25-14-7-11-19-28(25)32)23(2)31(37)33-26-15-9-10-16-26/h4-8,11-14,17-20,23,26H,3,9-10,15-16,21-22H2,1-2H3,(H,33,37)/t23-/m1/s1. The lowest BCUT2D eigenvalue weighted by molar-refractivity contribution is -0.139. The number of amides is 2. The molecule has 212 valence electrons. The molecule has 0 aliphatic heterocycles. The van der Waals surface area contributed by atoms with Crippen LogP contribution < -0.4 is 9.62 Å². The molecule has 0 unspecified atom stereocenters. The van der Waals surface area contributed by atoms with Crippen LogP contribution in [-0.4, -0.2) is 43.8 Å². The quantitative estimate of drug-likeness (QED) is 0.320. The summed E-state index contributed by atoms with van der Waals surface area (Å²) >= 11 is 6.44. The van der Waals surface area contributed by atoms with Crippen molar-refractivity contribution in [2.24, 2.45) is 0 Å². The molecule has 0 heterocycles. The van der Waals surface area contributed by atoms with E-state index in [0.717, 1.165) is 35.6 Å². The summed E-state index contributed by atoms with van der Waals surface area (Å²) in [6.45, 7) is 3.20. The van der Waals surface area contributed by atoms with Crippen molar-refractivity contribution < 1.29 is 18.0 Å². The van der Waals surface area contributed by atoms with Gasteiger partial charge in [-0.25, -0.2) is 8.42 Å². The van der Waals surface area contributed by atoms with Gasteiger partial charge in [0.15, 0.2) is 0 Å². The monoisotopic (exact) mass is 581 g/mol. The number of sulfonamides is 1. The normalized spacial score (nSPS) is 14.5. The van der Waals surface area contributed by atoms with Crippen molar-refractivity contribution in [2.45, 2.75) is 69.5 Å². The summed E-state index contributed by atoms with van der Waals surface area (Å²) in [5, 5.41) is 3.54. The Kier molecular flexibility index (Phi) is 9.87. The van der Waals surface area contributed by atoms with E-state index in [4.69, 9.17) is 11.6 Å². The molecule has 1 saturated carbocycles. The van der Waals surface area contributed by atoms with Gasteiger partial charge >= 0.3 is 0 Å². The molecular formula is C31H36ClN3O4S. The number of anilines is 1. The van der Waals surface area contributed by atoms with E-state index in [1.54, 1.807) is 55.5 Å². The molecule has 1 atom stereocenters. The number of hydrogen-bond acceptors (Lipinski definition) is 4. The van der Waals surface area contributed by atoms with E-state index in [1.165, 1.54) is 17.0 Å². The third kappa shape index (κ3) is 6.85. The second kappa shape index (κ2) is 13.3. The average molecular weight is 582 g/mol. The van der Waals surface area contributed by atoms with Gasteiger partial charge in [0, 0.05) is 17.6 Å². The maximum atomic E-state index is 14.1. The zero-order valence-electron chi connectivity index (χ0n) is 22.9. The molecule has 1 aliphatic rings. The molecule has 1 N–H and O–H groups in total. The van der Waals surface area contributed by atoms with Crippen LogP contribution in [0.4, 0.5) is 5.69 Å². The highest BCUT2D eigenvalue weighted by Gasteiger charge is 2.34. The molecule has 1 fully saturated rings. The first-order chi connectivity index (χ1) is 19.2. The Bertz CT molecular complexity index is 1430. The molecule has 7 nitrogen and oxygen atoms in total. The molecule has 3 aromatic rings. The molecule has 0 radical (unpaired) electrons. The fraction of sp³-hybridized carbons (Fsp3) is 0.355. The number of hydrogen-bond donors (Lipinski definition) is 1. The Labute approximate surface area is 242 Å². The van der Waals surface area contributed by atoms with Crippen LogP contribution in [0.15, 0.2) is 83.8 Å². The first-order valence-electron chi connectivity index (χ1n) is 13.7. The van der Waals surface area contributed by atoms with Crippen LogP contribution in [-0.2, 0) is 32.6 Å². The van der Waals surface area contributed by atoms with Crippen molar-refractivity contribution in [1.29, 1.82) is 0 Å². The van der Waals surface area contributed by atoms with Gasteiger partial charge in [-0.15, -0.1) is 0 Å². The molecule has 40 heavy (non-hydrogen) atoms. The summed E-state index contributed by atoms with van der Waals surface area (Å²) in [4.78, 5) is 28.9. The lowest BCUT2D eigenvalue weighted by Crippen LogP contribution is -2.52. The second-order valence-corrected chi connectivity index (χ2v) is 12.4. The van der Waals surface area contributed by atoms with Crippen molar-refractivity contribution in [1.82, 2.24) is 10.2 Å². The number of para-hydroxylation sites is 1. The number of halogens is 1. The fourth-order valence-electron chi connectivity index (χ4n) is 5.07. The molecule has 0 aromatic heterocycles. The van der Waals surface area contributed by atoms with E-state index in [2.05, 4.69) is 5.32 Å². The summed E-state index contributed by atoms with van der Waals surface area (Å²) in [6.07, 6.45) is 4.52. The highest BCUT2D eigenvalue weighted by Crippen LogP contribution is 2.28. The fourth-order valence-corrected chi connectivity index (χ4v) is 6.74. The van der Waals surface area contributed by atoms with Gasteiger partial charge in [0.2, 0.25) is 11.8 Å². The molecule has 3 aromatic carbocycles. The van der Waals surface area contributed by atoms with Gasteiger partial charge in [0.05, 0.1) is 10.6 Å². The molecule has 2 amide bonds. The van der Waals surface area contributed by atoms with Crippen LogP contribution in [0.25, 0.3) is 0 Å². The zero-order chi connectivity index (χ0) is 28.7. The van der Waals surface area contributed by atoms with Crippen LogP contribution in [0.3, 0.4) is 0 Å². The van der Waals surface area contributed by atoms with Crippen molar-refractivity contribution >= 4 is 39.1 Å². The molecule has 0 bridgehead atoms. The smallest absolute Gasteiger partial charge is 0.264 e. The summed E-state index contributed by atoms with van der Waals surface area (Å²) < 4.78 is 29.1. The Hall–Kier alpha value is -3.36.